The van der Waals surface area contributed by atoms with Crippen LogP contribution in [-0.2, 0) is 14.2 Å². The number of hydrogen-bond donors (Lipinski definition) is 0. The first-order chi connectivity index (χ1) is 9.65. The number of methoxy groups -OCH3 is 1. The molecule has 0 aliphatic carbocycles. The predicted molar refractivity (Wildman–Crippen MR) is 78.4 cm³/mol. The Morgan fingerprint density at radius 1 is 1.00 bits per heavy atom. The molecular formula is C16H24O4. The fraction of sp³-hybridized carbons (Fsp3) is 0.562. The van der Waals surface area contributed by atoms with E-state index in [0.29, 0.717) is 37.9 Å². The van der Waals surface area contributed by atoms with E-state index in [0.717, 1.165) is 0 Å². The number of ether oxygens (including phenoxy) is 3. The van der Waals surface area contributed by atoms with E-state index in [1.54, 1.807) is 7.11 Å². The molecule has 0 heterocycles. The van der Waals surface area contributed by atoms with Crippen LogP contribution in [0.3, 0.4) is 0 Å². The number of ketones is 1. The van der Waals surface area contributed by atoms with Gasteiger partial charge in [0.05, 0.1) is 26.4 Å². The van der Waals surface area contributed by atoms with E-state index in [1.807, 2.05) is 24.3 Å². The van der Waals surface area contributed by atoms with Crippen LogP contribution in [0.25, 0.3) is 0 Å². The summed E-state index contributed by atoms with van der Waals surface area (Å²) in [5.74, 6) is 0.469. The van der Waals surface area contributed by atoms with Gasteiger partial charge in [-0.05, 0) is 11.5 Å². The minimum Gasteiger partial charge on any atom is -0.382 e. The Kier molecular flexibility index (Phi) is 8.11. The van der Waals surface area contributed by atoms with Crippen LogP contribution in [0.1, 0.15) is 35.7 Å². The van der Waals surface area contributed by atoms with Gasteiger partial charge < -0.3 is 14.2 Å². The highest BCUT2D eigenvalue weighted by Gasteiger charge is 2.06. The predicted octanol–water partition coefficient (Wildman–Crippen LogP) is 2.67. The van der Waals surface area contributed by atoms with E-state index in [4.69, 9.17) is 14.2 Å². The molecule has 0 aliphatic rings. The summed E-state index contributed by atoms with van der Waals surface area (Å²) >= 11 is 0. The average Bonchev–Trinajstić information content (AvgIpc) is 2.46. The molecule has 0 aromatic heterocycles. The third kappa shape index (κ3) is 6.28. The first-order valence-corrected chi connectivity index (χ1v) is 6.92. The minimum atomic E-state index is -0.00259. The van der Waals surface area contributed by atoms with Crippen molar-refractivity contribution in [2.75, 3.05) is 40.1 Å². The summed E-state index contributed by atoms with van der Waals surface area (Å²) in [5, 5.41) is 0. The quantitative estimate of drug-likeness (QED) is 0.488. The summed E-state index contributed by atoms with van der Waals surface area (Å²) in [7, 11) is 1.63. The van der Waals surface area contributed by atoms with Crippen LogP contribution in [0.15, 0.2) is 24.3 Å². The molecule has 4 nitrogen and oxygen atoms in total. The molecule has 0 saturated carbocycles. The lowest BCUT2D eigenvalue weighted by atomic mass is 10.0. The fourth-order valence-corrected chi connectivity index (χ4v) is 1.66. The Balaban J connectivity index is 2.22. The summed E-state index contributed by atoms with van der Waals surface area (Å²) in [6.45, 7) is 6.36. The van der Waals surface area contributed by atoms with Gasteiger partial charge in [0.25, 0.3) is 0 Å². The van der Waals surface area contributed by atoms with Gasteiger partial charge in [-0.1, -0.05) is 38.1 Å². The molecule has 0 N–H and O–H groups in total. The summed E-state index contributed by atoms with van der Waals surface area (Å²) in [4.78, 5) is 11.9. The topological polar surface area (TPSA) is 44.8 Å². The Labute approximate surface area is 121 Å². The van der Waals surface area contributed by atoms with Crippen LogP contribution in [0.2, 0.25) is 0 Å². The number of hydrogen-bond acceptors (Lipinski definition) is 4. The minimum absolute atomic E-state index is 0.00259. The van der Waals surface area contributed by atoms with Crippen LogP contribution >= 0.6 is 0 Å². The van der Waals surface area contributed by atoms with Gasteiger partial charge in [-0.15, -0.1) is 0 Å². The van der Waals surface area contributed by atoms with Crippen LogP contribution in [0, 0.1) is 0 Å². The summed E-state index contributed by atoms with van der Waals surface area (Å²) in [6.07, 6.45) is 0. The molecule has 0 radical (unpaired) electrons. The maximum Gasteiger partial charge on any atom is 0.188 e. The highest BCUT2D eigenvalue weighted by molar-refractivity contribution is 5.97. The van der Waals surface area contributed by atoms with Gasteiger partial charge in [0, 0.05) is 12.7 Å². The molecule has 1 aromatic carbocycles. The summed E-state index contributed by atoms with van der Waals surface area (Å²) in [6, 6.07) is 7.70. The van der Waals surface area contributed by atoms with Crippen molar-refractivity contribution in [1.82, 2.24) is 0 Å². The average molecular weight is 280 g/mol. The first kappa shape index (κ1) is 16.8. The molecule has 1 rings (SSSR count). The Morgan fingerprint density at radius 3 is 2.20 bits per heavy atom. The van der Waals surface area contributed by atoms with Gasteiger partial charge in [0.2, 0.25) is 0 Å². The molecule has 0 saturated heterocycles. The molecule has 112 valence electrons. The third-order valence-corrected chi connectivity index (χ3v) is 2.94. The zero-order chi connectivity index (χ0) is 14.8. The lowest BCUT2D eigenvalue weighted by Gasteiger charge is -2.07. The van der Waals surface area contributed by atoms with Crippen molar-refractivity contribution in [3.8, 4) is 0 Å². The second kappa shape index (κ2) is 9.64. The molecule has 0 bridgehead atoms. The normalized spacial score (nSPS) is 11.0. The molecule has 0 atom stereocenters. The number of benzene rings is 1. The molecule has 20 heavy (non-hydrogen) atoms. The number of rotatable bonds is 10. The Hall–Kier alpha value is -1.23. The Bertz CT molecular complexity index is 384. The van der Waals surface area contributed by atoms with Crippen LogP contribution < -0.4 is 0 Å². The van der Waals surface area contributed by atoms with Crippen LogP contribution in [-0.4, -0.2) is 45.9 Å². The second-order valence-electron chi connectivity index (χ2n) is 4.86. The molecule has 0 fully saturated rings. The molecule has 4 heteroatoms. The highest BCUT2D eigenvalue weighted by atomic mass is 16.5. The summed E-state index contributed by atoms with van der Waals surface area (Å²) < 4.78 is 15.4. The van der Waals surface area contributed by atoms with E-state index in [2.05, 4.69) is 13.8 Å². The van der Waals surface area contributed by atoms with Gasteiger partial charge in [0.15, 0.2) is 5.78 Å². The van der Waals surface area contributed by atoms with Gasteiger partial charge in [-0.3, -0.25) is 4.79 Å². The lowest BCUT2D eigenvalue weighted by molar-refractivity contribution is 0.0253. The number of Topliss-reactive ketones (excluding diaryl/α,β-unsaturated/α-hetero) is 1. The van der Waals surface area contributed by atoms with Gasteiger partial charge in [-0.25, -0.2) is 0 Å². The van der Waals surface area contributed by atoms with E-state index in [-0.39, 0.29) is 12.4 Å². The zero-order valence-corrected chi connectivity index (χ0v) is 12.6. The summed E-state index contributed by atoms with van der Waals surface area (Å²) in [5.41, 5.74) is 1.92. The van der Waals surface area contributed by atoms with E-state index in [9.17, 15) is 4.79 Å². The zero-order valence-electron chi connectivity index (χ0n) is 12.6. The van der Waals surface area contributed by atoms with Crippen molar-refractivity contribution in [2.45, 2.75) is 19.8 Å². The van der Waals surface area contributed by atoms with Crippen molar-refractivity contribution in [1.29, 1.82) is 0 Å². The monoisotopic (exact) mass is 280 g/mol. The van der Waals surface area contributed by atoms with Crippen molar-refractivity contribution in [3.63, 3.8) is 0 Å². The van der Waals surface area contributed by atoms with E-state index in [1.165, 1.54) is 5.56 Å². The van der Waals surface area contributed by atoms with Gasteiger partial charge >= 0.3 is 0 Å². The number of carbonyl (C=O) groups excluding carboxylic acids is 1. The van der Waals surface area contributed by atoms with Crippen molar-refractivity contribution >= 4 is 5.78 Å². The van der Waals surface area contributed by atoms with Crippen LogP contribution in [0.4, 0.5) is 0 Å². The largest absolute Gasteiger partial charge is 0.382 e. The van der Waals surface area contributed by atoms with E-state index >= 15 is 0 Å². The molecule has 0 unspecified atom stereocenters. The molecule has 0 aliphatic heterocycles. The standard InChI is InChI=1S/C16H24O4/c1-13(2)14-4-6-15(7-5-14)16(17)12-20-11-10-19-9-8-18-3/h4-7,13H,8-12H2,1-3H3. The van der Waals surface area contributed by atoms with Gasteiger partial charge in [-0.2, -0.15) is 0 Å². The van der Waals surface area contributed by atoms with E-state index < -0.39 is 0 Å². The fourth-order valence-electron chi connectivity index (χ4n) is 1.66. The molecular weight excluding hydrogens is 256 g/mol. The molecule has 1 aromatic rings. The second-order valence-corrected chi connectivity index (χ2v) is 4.86. The third-order valence-electron chi connectivity index (χ3n) is 2.94. The lowest BCUT2D eigenvalue weighted by Crippen LogP contribution is -2.13. The van der Waals surface area contributed by atoms with Gasteiger partial charge in [0.1, 0.15) is 6.61 Å². The molecule has 0 amide bonds. The maximum atomic E-state index is 11.9. The van der Waals surface area contributed by atoms with Crippen molar-refractivity contribution < 1.29 is 19.0 Å². The number of carbonyl (C=O) groups is 1. The van der Waals surface area contributed by atoms with Crippen molar-refractivity contribution in [3.05, 3.63) is 35.4 Å². The smallest absolute Gasteiger partial charge is 0.188 e. The maximum absolute atomic E-state index is 11.9. The highest BCUT2D eigenvalue weighted by Crippen LogP contribution is 2.14. The Morgan fingerprint density at radius 2 is 1.60 bits per heavy atom. The molecule has 0 spiro atoms. The van der Waals surface area contributed by atoms with Crippen LogP contribution in [0.5, 0.6) is 0 Å². The SMILES string of the molecule is COCCOCCOCC(=O)c1ccc(C(C)C)cc1. The first-order valence-electron chi connectivity index (χ1n) is 6.92. The van der Waals surface area contributed by atoms with Crippen molar-refractivity contribution in [2.24, 2.45) is 0 Å².